The van der Waals surface area contributed by atoms with Gasteiger partial charge < -0.3 is 14.6 Å². The van der Waals surface area contributed by atoms with Gasteiger partial charge in [-0.2, -0.15) is 5.06 Å². The maximum atomic E-state index is 12.4. The molecule has 0 spiro atoms. The van der Waals surface area contributed by atoms with Gasteiger partial charge in [0.05, 0.1) is 12.6 Å². The Labute approximate surface area is 145 Å². The number of ether oxygens (including phenoxy) is 2. The molecule has 8 nitrogen and oxygen atoms in total. The third-order valence-electron chi connectivity index (χ3n) is 3.27. The predicted molar refractivity (Wildman–Crippen MR) is 89.7 cm³/mol. The minimum Gasteiger partial charge on any atom is -0.451 e. The summed E-state index contributed by atoms with van der Waals surface area (Å²) in [5.41, 5.74) is 0.685. The van der Waals surface area contributed by atoms with Crippen molar-refractivity contribution in [2.24, 2.45) is 0 Å². The van der Waals surface area contributed by atoms with Gasteiger partial charge >= 0.3 is 12.2 Å². The zero-order valence-electron chi connectivity index (χ0n) is 14.7. The van der Waals surface area contributed by atoms with Crippen LogP contribution in [0.15, 0.2) is 30.5 Å². The van der Waals surface area contributed by atoms with Gasteiger partial charge in [-0.05, 0) is 26.8 Å². The fourth-order valence-electron chi connectivity index (χ4n) is 2.23. The second-order valence-corrected chi connectivity index (χ2v) is 6.29. The van der Waals surface area contributed by atoms with E-state index < -0.39 is 24.5 Å². The lowest BCUT2D eigenvalue weighted by Gasteiger charge is -2.19. The van der Waals surface area contributed by atoms with Gasteiger partial charge in [0.1, 0.15) is 18.9 Å². The second-order valence-electron chi connectivity index (χ2n) is 6.29. The molecule has 1 heterocycles. The Kier molecular flexibility index (Phi) is 5.66. The molecule has 0 saturated heterocycles. The molecule has 0 aliphatic carbocycles. The number of carbonyl (C=O) groups is 2. The fraction of sp³-hybridized carbons (Fsp3) is 0.412. The molecule has 0 unspecified atom stereocenters. The summed E-state index contributed by atoms with van der Waals surface area (Å²) in [5.74, 6) is 0. The van der Waals surface area contributed by atoms with Crippen LogP contribution in [0.3, 0.4) is 0 Å². The van der Waals surface area contributed by atoms with Crippen LogP contribution in [0.5, 0.6) is 0 Å². The molecule has 0 aliphatic heterocycles. The number of aliphatic hydroxyl groups is 1. The first kappa shape index (κ1) is 18.8. The molecule has 0 saturated carbocycles. The molecule has 136 valence electrons. The summed E-state index contributed by atoms with van der Waals surface area (Å²) in [5, 5.41) is 10.6. The molecule has 0 aliphatic rings. The Morgan fingerprint density at radius 1 is 1.24 bits per heavy atom. The van der Waals surface area contributed by atoms with Crippen molar-refractivity contribution in [3.05, 3.63) is 36.0 Å². The van der Waals surface area contributed by atoms with E-state index in [2.05, 4.69) is 4.74 Å². The van der Waals surface area contributed by atoms with Crippen molar-refractivity contribution >= 4 is 23.1 Å². The number of benzene rings is 1. The molecule has 8 heteroatoms. The first-order chi connectivity index (χ1) is 11.8. The van der Waals surface area contributed by atoms with Crippen LogP contribution in [0, 0.1) is 0 Å². The maximum absolute atomic E-state index is 12.4. The van der Waals surface area contributed by atoms with Gasteiger partial charge in [-0.1, -0.05) is 18.2 Å². The Hall–Kier alpha value is -2.58. The van der Waals surface area contributed by atoms with Gasteiger partial charge in [-0.15, -0.1) is 0 Å². The lowest BCUT2D eigenvalue weighted by molar-refractivity contribution is -0.178. The number of aromatic nitrogens is 1. The SMILES string of the molecule is COC(=O)N(CO)OCc1cn(C(=O)OC(C)(C)C)c2ccccc12. The number of carbonyl (C=O) groups excluding carboxylic acids is 2. The molecule has 0 radical (unpaired) electrons. The first-order valence-corrected chi connectivity index (χ1v) is 7.68. The lowest BCUT2D eigenvalue weighted by atomic mass is 10.2. The summed E-state index contributed by atoms with van der Waals surface area (Å²) in [7, 11) is 1.18. The van der Waals surface area contributed by atoms with Crippen LogP contribution in [0.25, 0.3) is 10.9 Å². The van der Waals surface area contributed by atoms with E-state index >= 15 is 0 Å². The minimum atomic E-state index is -0.821. The van der Waals surface area contributed by atoms with Gasteiger partial charge in [-0.3, -0.25) is 9.40 Å². The van der Waals surface area contributed by atoms with E-state index in [1.165, 1.54) is 11.7 Å². The van der Waals surface area contributed by atoms with E-state index in [-0.39, 0.29) is 6.61 Å². The third-order valence-corrected chi connectivity index (χ3v) is 3.27. The molecular formula is C17H22N2O6. The van der Waals surface area contributed by atoms with Crippen LogP contribution in [-0.2, 0) is 20.9 Å². The summed E-state index contributed by atoms with van der Waals surface area (Å²) in [6, 6.07) is 7.25. The fourth-order valence-corrected chi connectivity index (χ4v) is 2.23. The standard InChI is InChI=1S/C17H22N2O6/c1-17(2,3)25-15(21)18-9-12(13-7-5-6-8-14(13)18)10-24-19(11-20)16(22)23-4/h5-9,20H,10-11H2,1-4H3. The zero-order valence-corrected chi connectivity index (χ0v) is 14.7. The highest BCUT2D eigenvalue weighted by molar-refractivity contribution is 5.92. The highest BCUT2D eigenvalue weighted by atomic mass is 16.7. The van der Waals surface area contributed by atoms with Crippen LogP contribution in [-0.4, -0.2) is 46.4 Å². The normalized spacial score (nSPS) is 11.4. The Balaban J connectivity index is 2.29. The van der Waals surface area contributed by atoms with Crippen LogP contribution in [0.2, 0.25) is 0 Å². The highest BCUT2D eigenvalue weighted by Gasteiger charge is 2.21. The van der Waals surface area contributed by atoms with Crippen molar-refractivity contribution in [2.75, 3.05) is 13.8 Å². The molecule has 1 amide bonds. The number of para-hydroxylation sites is 1. The van der Waals surface area contributed by atoms with Gasteiger partial charge in [0.2, 0.25) is 0 Å². The second kappa shape index (κ2) is 7.54. The van der Waals surface area contributed by atoms with E-state index in [4.69, 9.17) is 14.7 Å². The Morgan fingerprint density at radius 3 is 2.52 bits per heavy atom. The number of hydrogen-bond acceptors (Lipinski definition) is 6. The number of aliphatic hydroxyl groups excluding tert-OH is 1. The van der Waals surface area contributed by atoms with Crippen molar-refractivity contribution in [1.82, 2.24) is 9.63 Å². The molecule has 0 atom stereocenters. The number of hydrogen-bond donors (Lipinski definition) is 1. The number of methoxy groups -OCH3 is 1. The third kappa shape index (κ3) is 4.49. The number of nitrogens with zero attached hydrogens (tertiary/aromatic N) is 2. The molecule has 1 aromatic heterocycles. The lowest BCUT2D eigenvalue weighted by Crippen LogP contribution is -2.31. The molecule has 0 bridgehead atoms. The quantitative estimate of drug-likeness (QED) is 0.673. The Morgan fingerprint density at radius 2 is 1.92 bits per heavy atom. The van der Waals surface area contributed by atoms with E-state index in [0.717, 1.165) is 5.39 Å². The topological polar surface area (TPSA) is 90.2 Å². The average Bonchev–Trinajstić information content (AvgIpc) is 2.93. The zero-order chi connectivity index (χ0) is 18.6. The van der Waals surface area contributed by atoms with Crippen molar-refractivity contribution in [3.63, 3.8) is 0 Å². The van der Waals surface area contributed by atoms with Crippen molar-refractivity contribution in [3.8, 4) is 0 Å². The van der Waals surface area contributed by atoms with Crippen molar-refractivity contribution in [2.45, 2.75) is 33.0 Å². The van der Waals surface area contributed by atoms with E-state index in [1.54, 1.807) is 33.0 Å². The summed E-state index contributed by atoms with van der Waals surface area (Å²) >= 11 is 0. The number of rotatable bonds is 4. The predicted octanol–water partition coefficient (Wildman–Crippen LogP) is 2.87. The van der Waals surface area contributed by atoms with Crippen LogP contribution in [0.4, 0.5) is 9.59 Å². The monoisotopic (exact) mass is 350 g/mol. The summed E-state index contributed by atoms with van der Waals surface area (Å²) < 4.78 is 11.3. The van der Waals surface area contributed by atoms with Gasteiger partial charge in [0, 0.05) is 17.1 Å². The van der Waals surface area contributed by atoms with Gasteiger partial charge in [0.15, 0.2) is 0 Å². The van der Waals surface area contributed by atoms with Crippen LogP contribution >= 0.6 is 0 Å². The summed E-state index contributed by atoms with van der Waals surface area (Å²) in [6.07, 6.45) is 0.256. The minimum absolute atomic E-state index is 0.0357. The number of amides is 1. The molecule has 2 rings (SSSR count). The van der Waals surface area contributed by atoms with Gasteiger partial charge in [-0.25, -0.2) is 9.59 Å². The largest absolute Gasteiger partial charge is 0.451 e. The average molecular weight is 350 g/mol. The van der Waals surface area contributed by atoms with Crippen molar-refractivity contribution < 1.29 is 29.0 Å². The van der Waals surface area contributed by atoms with Gasteiger partial charge in [0.25, 0.3) is 0 Å². The van der Waals surface area contributed by atoms with Crippen LogP contribution in [0.1, 0.15) is 26.3 Å². The first-order valence-electron chi connectivity index (χ1n) is 7.68. The molecule has 25 heavy (non-hydrogen) atoms. The molecule has 2 aromatic rings. The molecule has 1 N–H and O–H groups in total. The number of hydroxylamine groups is 2. The summed E-state index contributed by atoms with van der Waals surface area (Å²) in [6.45, 7) is 4.67. The van der Waals surface area contributed by atoms with E-state index in [0.29, 0.717) is 16.1 Å². The molecule has 1 aromatic carbocycles. The Bertz CT molecular complexity index is 762. The van der Waals surface area contributed by atoms with Crippen LogP contribution < -0.4 is 0 Å². The smallest absolute Gasteiger partial charge is 0.435 e. The molecule has 0 fully saturated rings. The maximum Gasteiger partial charge on any atom is 0.435 e. The molecular weight excluding hydrogens is 328 g/mol. The number of fused-ring (bicyclic) bond motifs is 1. The van der Waals surface area contributed by atoms with Crippen molar-refractivity contribution in [1.29, 1.82) is 0 Å². The summed E-state index contributed by atoms with van der Waals surface area (Å²) in [4.78, 5) is 29.1. The van der Waals surface area contributed by atoms with E-state index in [1.807, 2.05) is 18.2 Å². The van der Waals surface area contributed by atoms with E-state index in [9.17, 15) is 9.59 Å². The highest BCUT2D eigenvalue weighted by Crippen LogP contribution is 2.23.